The van der Waals surface area contributed by atoms with Crippen LogP contribution in [-0.4, -0.2) is 20.6 Å². The van der Waals surface area contributed by atoms with Gasteiger partial charge in [0.15, 0.2) is 0 Å². The second-order valence-electron chi connectivity index (χ2n) is 4.14. The monoisotopic (exact) mass is 294 g/mol. The SMILES string of the molecule is Cc1c(C(=O)Nc2ccc(Cl)cc2[N+](=O)[O-])cnn1C. The minimum Gasteiger partial charge on any atom is -0.316 e. The molecule has 1 N–H and O–H groups in total. The molecule has 0 saturated heterocycles. The van der Waals surface area contributed by atoms with E-state index in [1.165, 1.54) is 24.4 Å². The average molecular weight is 295 g/mol. The summed E-state index contributed by atoms with van der Waals surface area (Å²) in [6.45, 7) is 1.73. The second-order valence-corrected chi connectivity index (χ2v) is 4.58. The highest BCUT2D eigenvalue weighted by molar-refractivity contribution is 6.31. The molecular formula is C12H11ClN4O3. The molecule has 2 rings (SSSR count). The summed E-state index contributed by atoms with van der Waals surface area (Å²) >= 11 is 5.71. The molecule has 8 heteroatoms. The minimum atomic E-state index is -0.600. The summed E-state index contributed by atoms with van der Waals surface area (Å²) in [6, 6.07) is 4.05. The van der Waals surface area contributed by atoms with Crippen molar-refractivity contribution < 1.29 is 9.72 Å². The van der Waals surface area contributed by atoms with Crippen molar-refractivity contribution in [3.63, 3.8) is 0 Å². The van der Waals surface area contributed by atoms with Gasteiger partial charge < -0.3 is 5.32 Å². The molecule has 1 aromatic carbocycles. The number of nitrogens with one attached hydrogen (secondary N) is 1. The first-order valence-electron chi connectivity index (χ1n) is 5.64. The number of hydrogen-bond donors (Lipinski definition) is 1. The number of carbonyl (C=O) groups is 1. The van der Waals surface area contributed by atoms with Crippen molar-refractivity contribution in [2.75, 3.05) is 5.32 Å². The van der Waals surface area contributed by atoms with E-state index in [0.717, 1.165) is 0 Å². The molecule has 0 aliphatic heterocycles. The molecule has 2 aromatic rings. The zero-order valence-electron chi connectivity index (χ0n) is 10.8. The number of amides is 1. The molecule has 1 heterocycles. The average Bonchev–Trinajstić information content (AvgIpc) is 2.72. The largest absolute Gasteiger partial charge is 0.316 e. The van der Waals surface area contributed by atoms with Crippen LogP contribution in [0.1, 0.15) is 16.1 Å². The first-order valence-corrected chi connectivity index (χ1v) is 6.02. The fourth-order valence-electron chi connectivity index (χ4n) is 1.67. The molecule has 0 spiro atoms. The molecule has 0 unspecified atom stereocenters. The minimum absolute atomic E-state index is 0.0904. The second kappa shape index (κ2) is 5.30. The van der Waals surface area contributed by atoms with Crippen LogP contribution in [0.15, 0.2) is 24.4 Å². The van der Waals surface area contributed by atoms with Crippen LogP contribution in [0.4, 0.5) is 11.4 Å². The van der Waals surface area contributed by atoms with Crippen LogP contribution in [0, 0.1) is 17.0 Å². The highest BCUT2D eigenvalue weighted by atomic mass is 35.5. The number of hydrogen-bond acceptors (Lipinski definition) is 4. The van der Waals surface area contributed by atoms with E-state index >= 15 is 0 Å². The normalized spacial score (nSPS) is 10.3. The van der Waals surface area contributed by atoms with Gasteiger partial charge in [-0.2, -0.15) is 5.10 Å². The predicted octanol–water partition coefficient (Wildman–Crippen LogP) is 2.54. The number of aryl methyl sites for hydroxylation is 1. The van der Waals surface area contributed by atoms with Crippen LogP contribution in [-0.2, 0) is 7.05 Å². The number of aromatic nitrogens is 2. The smallest absolute Gasteiger partial charge is 0.294 e. The zero-order chi connectivity index (χ0) is 14.9. The van der Waals surface area contributed by atoms with E-state index in [4.69, 9.17) is 11.6 Å². The van der Waals surface area contributed by atoms with Gasteiger partial charge in [-0.3, -0.25) is 19.6 Å². The quantitative estimate of drug-likeness (QED) is 0.695. The lowest BCUT2D eigenvalue weighted by atomic mass is 10.2. The Bertz CT molecular complexity index is 696. The van der Waals surface area contributed by atoms with Gasteiger partial charge in [-0.25, -0.2) is 0 Å². The van der Waals surface area contributed by atoms with E-state index in [2.05, 4.69) is 10.4 Å². The molecular weight excluding hydrogens is 284 g/mol. The summed E-state index contributed by atoms with van der Waals surface area (Å²) in [5.74, 6) is -0.457. The number of carbonyl (C=O) groups excluding carboxylic acids is 1. The van der Waals surface area contributed by atoms with Gasteiger partial charge in [-0.1, -0.05) is 11.6 Å². The summed E-state index contributed by atoms with van der Waals surface area (Å²) in [6.07, 6.45) is 1.41. The van der Waals surface area contributed by atoms with Crippen LogP contribution < -0.4 is 5.32 Å². The fraction of sp³-hybridized carbons (Fsp3) is 0.167. The van der Waals surface area contributed by atoms with Gasteiger partial charge >= 0.3 is 0 Å². The van der Waals surface area contributed by atoms with Gasteiger partial charge in [-0.05, 0) is 19.1 Å². The molecule has 1 amide bonds. The first-order chi connectivity index (χ1) is 9.40. The molecule has 0 bridgehead atoms. The molecule has 20 heavy (non-hydrogen) atoms. The number of nitro benzene ring substituents is 1. The van der Waals surface area contributed by atoms with Crippen molar-refractivity contribution in [2.24, 2.45) is 7.05 Å². The molecule has 1 aromatic heterocycles. The Labute approximate surface area is 119 Å². The van der Waals surface area contributed by atoms with E-state index in [1.807, 2.05) is 0 Å². The van der Waals surface area contributed by atoms with E-state index < -0.39 is 10.8 Å². The molecule has 104 valence electrons. The number of nitrogens with zero attached hydrogens (tertiary/aromatic N) is 3. The van der Waals surface area contributed by atoms with Gasteiger partial charge in [-0.15, -0.1) is 0 Å². The third-order valence-corrected chi connectivity index (χ3v) is 3.12. The maximum absolute atomic E-state index is 12.1. The Morgan fingerprint density at radius 1 is 1.50 bits per heavy atom. The summed E-state index contributed by atoms with van der Waals surface area (Å²) in [5, 5.41) is 17.6. The van der Waals surface area contributed by atoms with Crippen molar-refractivity contribution in [3.05, 3.63) is 50.8 Å². The summed E-state index contributed by atoms with van der Waals surface area (Å²) in [7, 11) is 1.71. The van der Waals surface area contributed by atoms with E-state index in [-0.39, 0.29) is 16.4 Å². The molecule has 0 aliphatic carbocycles. The molecule has 0 fully saturated rings. The van der Waals surface area contributed by atoms with Crippen molar-refractivity contribution >= 4 is 28.9 Å². The molecule has 0 atom stereocenters. The zero-order valence-corrected chi connectivity index (χ0v) is 11.5. The fourth-order valence-corrected chi connectivity index (χ4v) is 1.84. The number of rotatable bonds is 3. The summed E-state index contributed by atoms with van der Waals surface area (Å²) in [5.41, 5.74) is 0.857. The van der Waals surface area contributed by atoms with Crippen molar-refractivity contribution in [1.29, 1.82) is 0 Å². The lowest BCUT2D eigenvalue weighted by Crippen LogP contribution is -2.14. The summed E-state index contributed by atoms with van der Waals surface area (Å²) in [4.78, 5) is 22.4. The lowest BCUT2D eigenvalue weighted by molar-refractivity contribution is -0.383. The topological polar surface area (TPSA) is 90.1 Å². The third kappa shape index (κ3) is 2.62. The molecule has 0 saturated carbocycles. The van der Waals surface area contributed by atoms with Crippen molar-refractivity contribution in [3.8, 4) is 0 Å². The van der Waals surface area contributed by atoms with Crippen LogP contribution >= 0.6 is 11.6 Å². The third-order valence-electron chi connectivity index (χ3n) is 2.88. The van der Waals surface area contributed by atoms with Crippen LogP contribution in [0.5, 0.6) is 0 Å². The van der Waals surface area contributed by atoms with E-state index in [0.29, 0.717) is 11.3 Å². The first kappa shape index (κ1) is 14.0. The van der Waals surface area contributed by atoms with Gasteiger partial charge in [0.2, 0.25) is 0 Å². The Morgan fingerprint density at radius 3 is 2.75 bits per heavy atom. The van der Waals surface area contributed by atoms with Crippen molar-refractivity contribution in [2.45, 2.75) is 6.92 Å². The predicted molar refractivity (Wildman–Crippen MR) is 74.0 cm³/mol. The Balaban J connectivity index is 2.33. The lowest BCUT2D eigenvalue weighted by Gasteiger charge is -2.06. The standard InChI is InChI=1S/C12H11ClN4O3/c1-7-9(6-14-16(7)2)12(18)15-10-4-3-8(13)5-11(10)17(19)20/h3-6H,1-2H3,(H,15,18). The van der Waals surface area contributed by atoms with Gasteiger partial charge in [0.1, 0.15) is 5.69 Å². The van der Waals surface area contributed by atoms with Gasteiger partial charge in [0.05, 0.1) is 16.7 Å². The van der Waals surface area contributed by atoms with Crippen LogP contribution in [0.2, 0.25) is 5.02 Å². The Kier molecular flexibility index (Phi) is 3.71. The maximum atomic E-state index is 12.1. The van der Waals surface area contributed by atoms with Crippen molar-refractivity contribution in [1.82, 2.24) is 9.78 Å². The van der Waals surface area contributed by atoms with Crippen LogP contribution in [0.25, 0.3) is 0 Å². The van der Waals surface area contributed by atoms with Gasteiger partial charge in [0.25, 0.3) is 11.6 Å². The highest BCUT2D eigenvalue weighted by Crippen LogP contribution is 2.28. The van der Waals surface area contributed by atoms with Crippen LogP contribution in [0.3, 0.4) is 0 Å². The molecule has 7 nitrogen and oxygen atoms in total. The Morgan fingerprint density at radius 2 is 2.20 bits per heavy atom. The molecule has 0 aliphatic rings. The van der Waals surface area contributed by atoms with E-state index in [1.54, 1.807) is 18.7 Å². The number of halogens is 1. The number of nitro groups is 1. The Hall–Kier alpha value is -2.41. The maximum Gasteiger partial charge on any atom is 0.294 e. The van der Waals surface area contributed by atoms with Gasteiger partial charge in [0, 0.05) is 23.8 Å². The number of anilines is 1. The molecule has 0 radical (unpaired) electrons. The summed E-state index contributed by atoms with van der Waals surface area (Å²) < 4.78 is 1.55. The number of benzene rings is 1. The highest BCUT2D eigenvalue weighted by Gasteiger charge is 2.19. The van der Waals surface area contributed by atoms with E-state index in [9.17, 15) is 14.9 Å².